The largest absolute Gasteiger partial charge is 0.444 e. The molecule has 0 bridgehead atoms. The molecule has 5 heteroatoms. The Balaban J connectivity index is 4.18. The lowest BCUT2D eigenvalue weighted by molar-refractivity contribution is -0.119. The molecule has 0 saturated carbocycles. The van der Waals surface area contributed by atoms with Crippen molar-refractivity contribution in [3.63, 3.8) is 0 Å². The van der Waals surface area contributed by atoms with E-state index < -0.39 is 23.6 Å². The van der Waals surface area contributed by atoms with Crippen LogP contribution in [-0.2, 0) is 9.53 Å². The fourth-order valence-electron chi connectivity index (χ4n) is 0.681. The Labute approximate surface area is 83.3 Å². The summed E-state index contributed by atoms with van der Waals surface area (Å²) < 4.78 is 4.91. The molecule has 0 rings (SSSR count). The van der Waals surface area contributed by atoms with Crippen molar-refractivity contribution in [2.45, 2.75) is 32.4 Å². The van der Waals surface area contributed by atoms with E-state index in [2.05, 4.69) is 11.9 Å². The second-order valence-corrected chi connectivity index (χ2v) is 3.76. The van der Waals surface area contributed by atoms with Crippen LogP contribution < -0.4 is 11.1 Å². The molecule has 1 atom stereocenters. The zero-order valence-corrected chi connectivity index (χ0v) is 8.66. The zero-order valence-electron chi connectivity index (χ0n) is 8.66. The first-order valence-corrected chi connectivity index (χ1v) is 4.17. The van der Waals surface area contributed by atoms with E-state index in [1.54, 1.807) is 20.8 Å². The molecule has 0 aromatic heterocycles. The van der Waals surface area contributed by atoms with Crippen LogP contribution in [0, 0.1) is 0 Å². The van der Waals surface area contributed by atoms with Crippen molar-refractivity contribution in [1.29, 1.82) is 0 Å². The highest BCUT2D eigenvalue weighted by atomic mass is 16.6. The highest BCUT2D eigenvalue weighted by Gasteiger charge is 2.20. The van der Waals surface area contributed by atoms with Crippen LogP contribution in [0.25, 0.3) is 0 Å². The molecule has 5 nitrogen and oxygen atoms in total. The third-order valence-corrected chi connectivity index (χ3v) is 1.21. The van der Waals surface area contributed by atoms with Crippen LogP contribution in [0.1, 0.15) is 20.8 Å². The summed E-state index contributed by atoms with van der Waals surface area (Å²) >= 11 is 0. The summed E-state index contributed by atoms with van der Waals surface area (Å²) in [4.78, 5) is 21.9. The minimum Gasteiger partial charge on any atom is -0.444 e. The van der Waals surface area contributed by atoms with Crippen molar-refractivity contribution >= 4 is 12.0 Å². The lowest BCUT2D eigenvalue weighted by atomic mass is 10.2. The van der Waals surface area contributed by atoms with Gasteiger partial charge < -0.3 is 15.8 Å². The summed E-state index contributed by atoms with van der Waals surface area (Å²) in [5.41, 5.74) is 4.38. The van der Waals surface area contributed by atoms with E-state index in [4.69, 9.17) is 10.5 Å². The van der Waals surface area contributed by atoms with E-state index in [1.807, 2.05) is 0 Å². The molecule has 14 heavy (non-hydrogen) atoms. The molecule has 0 unspecified atom stereocenters. The Kier molecular flexibility index (Phi) is 4.14. The third-order valence-electron chi connectivity index (χ3n) is 1.21. The SMILES string of the molecule is C=C[C@@H](NC(=O)OC(C)(C)C)C(N)=O. The van der Waals surface area contributed by atoms with Gasteiger partial charge in [0, 0.05) is 0 Å². The molecule has 2 amide bonds. The standard InChI is InChI=1S/C9H16N2O3/c1-5-6(7(10)12)11-8(13)14-9(2,3)4/h5-6H,1H2,2-4H3,(H2,10,12)(H,11,13)/t6-/m1/s1. The normalized spacial score (nSPS) is 12.8. The minimum absolute atomic E-state index is 0.604. The summed E-state index contributed by atoms with van der Waals surface area (Å²) in [5.74, 6) is -0.675. The molecule has 0 aromatic rings. The van der Waals surface area contributed by atoms with Crippen molar-refractivity contribution in [3.05, 3.63) is 12.7 Å². The first-order chi connectivity index (χ1) is 6.26. The van der Waals surface area contributed by atoms with Gasteiger partial charge in [0.25, 0.3) is 0 Å². The van der Waals surface area contributed by atoms with Crippen LogP contribution in [0.3, 0.4) is 0 Å². The monoisotopic (exact) mass is 200 g/mol. The number of carbonyl (C=O) groups is 2. The van der Waals surface area contributed by atoms with Crippen molar-refractivity contribution in [2.24, 2.45) is 5.73 Å². The molecule has 0 heterocycles. The molecule has 80 valence electrons. The first-order valence-electron chi connectivity index (χ1n) is 4.17. The average molecular weight is 200 g/mol. The number of ether oxygens (including phenoxy) is 1. The topological polar surface area (TPSA) is 81.4 Å². The molecular formula is C9H16N2O3. The Morgan fingerprint density at radius 3 is 2.29 bits per heavy atom. The number of nitrogens with two attached hydrogens (primary N) is 1. The van der Waals surface area contributed by atoms with Crippen molar-refractivity contribution < 1.29 is 14.3 Å². The number of hydrogen-bond acceptors (Lipinski definition) is 3. The van der Waals surface area contributed by atoms with Crippen molar-refractivity contribution in [2.75, 3.05) is 0 Å². The van der Waals surface area contributed by atoms with Gasteiger partial charge in [0.05, 0.1) is 0 Å². The number of hydrogen-bond donors (Lipinski definition) is 2. The van der Waals surface area contributed by atoms with E-state index in [-0.39, 0.29) is 0 Å². The quantitative estimate of drug-likeness (QED) is 0.653. The van der Waals surface area contributed by atoms with Crippen LogP contribution in [0.4, 0.5) is 4.79 Å². The first kappa shape index (κ1) is 12.5. The number of carbonyl (C=O) groups excluding carboxylic acids is 2. The van der Waals surface area contributed by atoms with E-state index in [1.165, 1.54) is 6.08 Å². The summed E-state index contributed by atoms with van der Waals surface area (Å²) in [6.45, 7) is 8.53. The van der Waals surface area contributed by atoms with Crippen LogP contribution in [0.5, 0.6) is 0 Å². The third kappa shape index (κ3) is 5.18. The molecule has 0 saturated heterocycles. The van der Waals surface area contributed by atoms with Gasteiger partial charge in [-0.2, -0.15) is 0 Å². The maximum absolute atomic E-state index is 11.1. The van der Waals surface area contributed by atoms with Gasteiger partial charge in [0.15, 0.2) is 0 Å². The molecule has 3 N–H and O–H groups in total. The van der Waals surface area contributed by atoms with Crippen molar-refractivity contribution in [3.8, 4) is 0 Å². The maximum atomic E-state index is 11.1. The van der Waals surface area contributed by atoms with Crippen LogP contribution in [-0.4, -0.2) is 23.6 Å². The molecule has 0 aromatic carbocycles. The molecule has 0 fully saturated rings. The van der Waals surface area contributed by atoms with Crippen LogP contribution in [0.2, 0.25) is 0 Å². The van der Waals surface area contributed by atoms with Gasteiger partial charge in [0.1, 0.15) is 11.6 Å². The minimum atomic E-state index is -0.898. The van der Waals surface area contributed by atoms with E-state index in [0.717, 1.165) is 0 Å². The summed E-state index contributed by atoms with van der Waals surface area (Å²) in [6.07, 6.45) is 0.549. The Morgan fingerprint density at radius 2 is 2.00 bits per heavy atom. The van der Waals surface area contributed by atoms with E-state index >= 15 is 0 Å². The fraction of sp³-hybridized carbons (Fsp3) is 0.556. The lowest BCUT2D eigenvalue weighted by Crippen LogP contribution is -2.45. The highest BCUT2D eigenvalue weighted by molar-refractivity contribution is 5.85. The summed E-state index contributed by atoms with van der Waals surface area (Å²) in [6, 6.07) is -0.898. The van der Waals surface area contributed by atoms with E-state index in [0.29, 0.717) is 0 Å². The summed E-state index contributed by atoms with van der Waals surface area (Å²) in [5, 5.41) is 2.27. The van der Waals surface area contributed by atoms with Gasteiger partial charge in [-0.15, -0.1) is 6.58 Å². The second-order valence-electron chi connectivity index (χ2n) is 3.76. The molecular weight excluding hydrogens is 184 g/mol. The molecule has 0 spiro atoms. The van der Waals surface area contributed by atoms with Gasteiger partial charge >= 0.3 is 6.09 Å². The number of amides is 2. The number of nitrogens with one attached hydrogen (secondary N) is 1. The van der Waals surface area contributed by atoms with Gasteiger partial charge in [-0.25, -0.2) is 4.79 Å². The smallest absolute Gasteiger partial charge is 0.408 e. The van der Waals surface area contributed by atoms with Gasteiger partial charge in [-0.1, -0.05) is 6.08 Å². The van der Waals surface area contributed by atoms with Crippen LogP contribution in [0.15, 0.2) is 12.7 Å². The zero-order chi connectivity index (χ0) is 11.4. The molecule has 0 aliphatic heterocycles. The molecule has 0 radical (unpaired) electrons. The predicted octanol–water partition coefficient (Wildman–Crippen LogP) is 0.551. The molecule has 0 aliphatic rings. The summed E-state index contributed by atoms with van der Waals surface area (Å²) in [7, 11) is 0. The maximum Gasteiger partial charge on any atom is 0.408 e. The highest BCUT2D eigenvalue weighted by Crippen LogP contribution is 2.06. The fourth-order valence-corrected chi connectivity index (χ4v) is 0.681. The van der Waals surface area contributed by atoms with Crippen LogP contribution >= 0.6 is 0 Å². The number of alkyl carbamates (subject to hydrolysis) is 1. The lowest BCUT2D eigenvalue weighted by Gasteiger charge is -2.21. The number of rotatable bonds is 3. The second kappa shape index (κ2) is 4.64. The van der Waals surface area contributed by atoms with Gasteiger partial charge in [0.2, 0.25) is 5.91 Å². The van der Waals surface area contributed by atoms with Gasteiger partial charge in [-0.05, 0) is 20.8 Å². The molecule has 0 aliphatic carbocycles. The Bertz CT molecular complexity index is 243. The van der Waals surface area contributed by atoms with Crippen molar-refractivity contribution in [1.82, 2.24) is 5.32 Å². The Hall–Kier alpha value is -1.52. The van der Waals surface area contributed by atoms with E-state index in [9.17, 15) is 9.59 Å². The van der Waals surface area contributed by atoms with Gasteiger partial charge in [-0.3, -0.25) is 4.79 Å². The predicted molar refractivity (Wildman–Crippen MR) is 52.5 cm³/mol. The Morgan fingerprint density at radius 1 is 1.50 bits per heavy atom. The number of primary amides is 1. The average Bonchev–Trinajstić information content (AvgIpc) is 1.96.